The lowest BCUT2D eigenvalue weighted by Gasteiger charge is -2.38. The molecule has 4 fully saturated rings. The first-order valence-corrected chi connectivity index (χ1v) is 10.2. The van der Waals surface area contributed by atoms with Crippen molar-refractivity contribution in [3.8, 4) is 0 Å². The van der Waals surface area contributed by atoms with Gasteiger partial charge in [0.15, 0.2) is 0 Å². The van der Waals surface area contributed by atoms with Crippen LogP contribution in [-0.2, 0) is 16.1 Å². The van der Waals surface area contributed by atoms with Crippen molar-refractivity contribution in [2.75, 3.05) is 26.2 Å². The molecule has 0 aliphatic carbocycles. The molecule has 0 radical (unpaired) electrons. The lowest BCUT2D eigenvalue weighted by atomic mass is 9.79. The van der Waals surface area contributed by atoms with Gasteiger partial charge in [-0.1, -0.05) is 6.92 Å². The number of rotatable bonds is 3. The first-order chi connectivity index (χ1) is 12.1. The average Bonchev–Trinajstić information content (AvgIpc) is 2.98. The minimum absolute atomic E-state index is 0. The number of carbonyl (C=O) groups excluding carboxylic acids is 2. The molecule has 8 heteroatoms. The van der Waals surface area contributed by atoms with Crippen LogP contribution in [-0.4, -0.2) is 58.8 Å². The molecular weight excluding hydrogens is 372 g/mol. The van der Waals surface area contributed by atoms with Gasteiger partial charge in [0.05, 0.1) is 23.7 Å². The van der Waals surface area contributed by atoms with Crippen molar-refractivity contribution in [1.82, 2.24) is 20.1 Å². The van der Waals surface area contributed by atoms with E-state index in [2.05, 4.69) is 17.2 Å². The Kier molecular flexibility index (Phi) is 5.89. The highest BCUT2D eigenvalue weighted by molar-refractivity contribution is 7.07. The Hall–Kier alpha value is -1.18. The summed E-state index contributed by atoms with van der Waals surface area (Å²) < 4.78 is 0. The Labute approximate surface area is 164 Å². The first-order valence-electron chi connectivity index (χ1n) is 9.24. The van der Waals surface area contributed by atoms with Crippen molar-refractivity contribution in [2.45, 2.75) is 45.2 Å². The number of amides is 2. The minimum Gasteiger partial charge on any atom is -0.339 e. The third-order valence-electron chi connectivity index (χ3n) is 6.12. The quantitative estimate of drug-likeness (QED) is 0.844. The standard InChI is InChI=1S/C18H26N4O2S.ClH/c1-18(4-6-19-7-5-18)17(24)21-8-13-2-3-15(10-21)22(16(13)23)9-14-11-25-12-20-14;/h11-13,15,19H,2-10H2,1H3;1H/t13-,15+;/m0./s1. The van der Waals surface area contributed by atoms with Crippen molar-refractivity contribution in [3.63, 3.8) is 0 Å². The van der Waals surface area contributed by atoms with E-state index in [-0.39, 0.29) is 41.6 Å². The summed E-state index contributed by atoms with van der Waals surface area (Å²) in [5, 5.41) is 5.34. The predicted molar refractivity (Wildman–Crippen MR) is 103 cm³/mol. The molecule has 26 heavy (non-hydrogen) atoms. The molecule has 2 atom stereocenters. The van der Waals surface area contributed by atoms with E-state index < -0.39 is 0 Å². The van der Waals surface area contributed by atoms with Crippen molar-refractivity contribution in [2.24, 2.45) is 11.3 Å². The van der Waals surface area contributed by atoms with Gasteiger partial charge < -0.3 is 15.1 Å². The van der Waals surface area contributed by atoms with Crippen molar-refractivity contribution in [3.05, 3.63) is 16.6 Å². The number of nitrogens with one attached hydrogen (secondary N) is 1. The molecule has 4 aliphatic rings. The number of hydrogen-bond acceptors (Lipinski definition) is 5. The number of hydrogen-bond donors (Lipinski definition) is 1. The second-order valence-electron chi connectivity index (χ2n) is 7.89. The van der Waals surface area contributed by atoms with Crippen LogP contribution >= 0.6 is 23.7 Å². The maximum absolute atomic E-state index is 13.2. The Morgan fingerprint density at radius 3 is 2.81 bits per heavy atom. The number of fused-ring (bicyclic) bond motifs is 4. The van der Waals surface area contributed by atoms with E-state index in [1.165, 1.54) is 0 Å². The van der Waals surface area contributed by atoms with E-state index in [0.29, 0.717) is 19.6 Å². The highest BCUT2D eigenvalue weighted by Gasteiger charge is 2.45. The zero-order valence-corrected chi connectivity index (χ0v) is 16.8. The van der Waals surface area contributed by atoms with Crippen LogP contribution in [0.4, 0.5) is 0 Å². The van der Waals surface area contributed by atoms with E-state index in [4.69, 9.17) is 0 Å². The number of halogens is 1. The van der Waals surface area contributed by atoms with Crippen LogP contribution in [0.5, 0.6) is 0 Å². The molecule has 1 aromatic heterocycles. The lowest BCUT2D eigenvalue weighted by molar-refractivity contribution is -0.143. The second-order valence-corrected chi connectivity index (χ2v) is 8.61. The number of thiazole rings is 1. The summed E-state index contributed by atoms with van der Waals surface area (Å²) in [5.74, 6) is 0.399. The van der Waals surface area contributed by atoms with Gasteiger partial charge in [-0.2, -0.15) is 0 Å². The zero-order valence-electron chi connectivity index (χ0n) is 15.1. The van der Waals surface area contributed by atoms with Gasteiger partial charge in [0, 0.05) is 29.9 Å². The summed E-state index contributed by atoms with van der Waals surface area (Å²) in [6, 6.07) is 0.127. The molecule has 0 aromatic carbocycles. The Morgan fingerprint density at radius 1 is 1.35 bits per heavy atom. The molecule has 6 nitrogen and oxygen atoms in total. The van der Waals surface area contributed by atoms with Crippen molar-refractivity contribution >= 4 is 35.6 Å². The van der Waals surface area contributed by atoms with E-state index in [9.17, 15) is 9.59 Å². The molecule has 5 heterocycles. The molecule has 4 saturated heterocycles. The number of carbonyl (C=O) groups is 2. The Bertz CT molecular complexity index is 648. The van der Waals surface area contributed by atoms with Crippen molar-refractivity contribution < 1.29 is 9.59 Å². The van der Waals surface area contributed by atoms with E-state index in [1.807, 2.05) is 20.7 Å². The maximum atomic E-state index is 13.2. The van der Waals surface area contributed by atoms with Crippen molar-refractivity contribution in [1.29, 1.82) is 0 Å². The molecule has 0 saturated carbocycles. The van der Waals surface area contributed by atoms with E-state index in [0.717, 1.165) is 44.5 Å². The third kappa shape index (κ3) is 3.62. The normalized spacial score (nSPS) is 27.8. The summed E-state index contributed by atoms with van der Waals surface area (Å²) in [6.45, 7) is 5.74. The third-order valence-corrected chi connectivity index (χ3v) is 6.76. The monoisotopic (exact) mass is 398 g/mol. The van der Waals surface area contributed by atoms with Gasteiger partial charge in [-0.3, -0.25) is 9.59 Å². The van der Waals surface area contributed by atoms with Gasteiger partial charge in [0.25, 0.3) is 0 Å². The summed E-state index contributed by atoms with van der Waals surface area (Å²) in [4.78, 5) is 34.4. The summed E-state index contributed by atoms with van der Waals surface area (Å²) >= 11 is 1.56. The van der Waals surface area contributed by atoms with E-state index >= 15 is 0 Å². The summed E-state index contributed by atoms with van der Waals surface area (Å²) in [7, 11) is 0. The highest BCUT2D eigenvalue weighted by Crippen LogP contribution is 2.35. The van der Waals surface area contributed by atoms with Crippen LogP contribution in [0.3, 0.4) is 0 Å². The Morgan fingerprint density at radius 2 is 2.12 bits per heavy atom. The SMILES string of the molecule is CC1(C(=O)N2C[C@@H]3CC[C@H](C2)N(Cc2cscn2)C3=O)CCNCC1.Cl. The molecule has 1 N–H and O–H groups in total. The van der Waals surface area contributed by atoms with E-state index in [1.54, 1.807) is 11.3 Å². The molecule has 4 aliphatic heterocycles. The van der Waals surface area contributed by atoms with Gasteiger partial charge in [0.2, 0.25) is 11.8 Å². The fraction of sp³-hybridized carbons (Fsp3) is 0.722. The molecule has 0 spiro atoms. The fourth-order valence-electron chi connectivity index (χ4n) is 4.48. The fourth-order valence-corrected chi connectivity index (χ4v) is 5.03. The van der Waals surface area contributed by atoms with Gasteiger partial charge in [-0.05, 0) is 38.8 Å². The Balaban J connectivity index is 0.00000196. The highest BCUT2D eigenvalue weighted by atomic mass is 35.5. The van der Waals surface area contributed by atoms with Crippen LogP contribution in [0.15, 0.2) is 10.9 Å². The molecule has 1 aromatic rings. The molecule has 5 rings (SSSR count). The average molecular weight is 399 g/mol. The predicted octanol–water partition coefficient (Wildman–Crippen LogP) is 1.90. The first kappa shape index (κ1) is 19.6. The number of nitrogens with zero attached hydrogens (tertiary/aromatic N) is 3. The topological polar surface area (TPSA) is 65.5 Å². The molecule has 144 valence electrons. The van der Waals surface area contributed by atoms with Gasteiger partial charge >= 0.3 is 0 Å². The lowest BCUT2D eigenvalue weighted by Crippen LogP contribution is -2.50. The molecule has 2 bridgehead atoms. The maximum Gasteiger partial charge on any atom is 0.228 e. The second kappa shape index (κ2) is 7.82. The minimum atomic E-state index is -0.280. The number of aromatic nitrogens is 1. The van der Waals surface area contributed by atoms with Gasteiger partial charge in [0.1, 0.15) is 0 Å². The molecular formula is C18H27ClN4O2S. The smallest absolute Gasteiger partial charge is 0.228 e. The van der Waals surface area contributed by atoms with Crippen LogP contribution in [0, 0.1) is 11.3 Å². The molecule has 0 unspecified atom stereocenters. The summed E-state index contributed by atoms with van der Waals surface area (Å²) in [6.07, 6.45) is 3.66. The van der Waals surface area contributed by atoms with Crippen LogP contribution in [0.25, 0.3) is 0 Å². The van der Waals surface area contributed by atoms with Crippen LogP contribution < -0.4 is 5.32 Å². The summed E-state index contributed by atoms with van der Waals surface area (Å²) in [5.41, 5.74) is 2.48. The molecule has 2 amide bonds. The van der Waals surface area contributed by atoms with Crippen LogP contribution in [0.1, 0.15) is 38.3 Å². The number of piperidine rings is 2. The zero-order chi connectivity index (χ0) is 17.4. The largest absolute Gasteiger partial charge is 0.339 e. The van der Waals surface area contributed by atoms with Gasteiger partial charge in [-0.25, -0.2) is 4.98 Å². The van der Waals surface area contributed by atoms with Gasteiger partial charge in [-0.15, -0.1) is 23.7 Å². The van der Waals surface area contributed by atoms with Crippen LogP contribution in [0.2, 0.25) is 0 Å².